The highest BCUT2D eigenvalue weighted by Crippen LogP contribution is 2.19. The van der Waals surface area contributed by atoms with Gasteiger partial charge in [0.1, 0.15) is 11.6 Å². The maximum atomic E-state index is 13.6. The highest BCUT2D eigenvalue weighted by Gasteiger charge is 2.03. The first-order valence-corrected chi connectivity index (χ1v) is 7.39. The Kier molecular flexibility index (Phi) is 5.41. The van der Waals surface area contributed by atoms with Crippen LogP contribution in [0.15, 0.2) is 46.9 Å². The summed E-state index contributed by atoms with van der Waals surface area (Å²) in [5, 5.41) is 3.20. The Labute approximate surface area is 127 Å². The van der Waals surface area contributed by atoms with Crippen LogP contribution < -0.4 is 10.1 Å². The van der Waals surface area contributed by atoms with Crippen molar-refractivity contribution in [1.82, 2.24) is 0 Å². The van der Waals surface area contributed by atoms with Gasteiger partial charge in [0.15, 0.2) is 0 Å². The number of benzene rings is 2. The monoisotopic (exact) mass is 337 g/mol. The highest BCUT2D eigenvalue weighted by molar-refractivity contribution is 9.10. The lowest BCUT2D eigenvalue weighted by Crippen LogP contribution is -2.02. The number of nitrogens with one attached hydrogen (secondary N) is 1. The summed E-state index contributed by atoms with van der Waals surface area (Å²) in [5.41, 5.74) is 1.57. The number of rotatable bonds is 6. The van der Waals surface area contributed by atoms with Crippen molar-refractivity contribution in [2.24, 2.45) is 0 Å². The summed E-state index contributed by atoms with van der Waals surface area (Å²) < 4.78 is 20.0. The summed E-state index contributed by atoms with van der Waals surface area (Å²) in [6.07, 6.45) is 0.988. The van der Waals surface area contributed by atoms with Gasteiger partial charge < -0.3 is 10.1 Å². The third kappa shape index (κ3) is 4.23. The van der Waals surface area contributed by atoms with Crippen LogP contribution in [0.2, 0.25) is 0 Å². The molecular weight excluding hydrogens is 321 g/mol. The van der Waals surface area contributed by atoms with Gasteiger partial charge in [-0.05, 0) is 48.9 Å². The van der Waals surface area contributed by atoms with E-state index in [-0.39, 0.29) is 5.82 Å². The first-order chi connectivity index (χ1) is 9.69. The van der Waals surface area contributed by atoms with Gasteiger partial charge in [-0.2, -0.15) is 0 Å². The molecule has 0 fully saturated rings. The minimum absolute atomic E-state index is 0.205. The second-order valence-electron chi connectivity index (χ2n) is 4.46. The van der Waals surface area contributed by atoms with Crippen LogP contribution in [0.1, 0.15) is 18.9 Å². The van der Waals surface area contributed by atoms with Gasteiger partial charge in [0.05, 0.1) is 6.61 Å². The first kappa shape index (κ1) is 14.9. The van der Waals surface area contributed by atoms with Crippen LogP contribution in [0.4, 0.5) is 10.1 Å². The van der Waals surface area contributed by atoms with Crippen molar-refractivity contribution in [3.8, 4) is 5.75 Å². The summed E-state index contributed by atoms with van der Waals surface area (Å²) in [6.45, 7) is 3.24. The molecule has 0 amide bonds. The third-order valence-electron chi connectivity index (χ3n) is 2.82. The van der Waals surface area contributed by atoms with Crippen molar-refractivity contribution in [3.63, 3.8) is 0 Å². The van der Waals surface area contributed by atoms with Gasteiger partial charge in [0.25, 0.3) is 0 Å². The van der Waals surface area contributed by atoms with Gasteiger partial charge in [-0.3, -0.25) is 0 Å². The molecule has 0 bridgehead atoms. The minimum atomic E-state index is -0.205. The standard InChI is InChI=1S/C16H17BrFNO/c1-2-9-20-15-6-4-14(5-7-15)19-11-12-10-13(17)3-8-16(12)18/h3-8,10,19H,2,9,11H2,1H3. The fourth-order valence-electron chi connectivity index (χ4n) is 1.76. The van der Waals surface area contributed by atoms with Crippen molar-refractivity contribution in [1.29, 1.82) is 0 Å². The fourth-order valence-corrected chi connectivity index (χ4v) is 2.17. The van der Waals surface area contributed by atoms with Gasteiger partial charge >= 0.3 is 0 Å². The second kappa shape index (κ2) is 7.29. The Hall–Kier alpha value is -1.55. The average Bonchev–Trinajstić information content (AvgIpc) is 2.47. The van der Waals surface area contributed by atoms with Crippen LogP contribution >= 0.6 is 15.9 Å². The maximum Gasteiger partial charge on any atom is 0.128 e. The van der Waals surface area contributed by atoms with Crippen LogP contribution in [-0.4, -0.2) is 6.61 Å². The Balaban J connectivity index is 1.95. The van der Waals surface area contributed by atoms with Gasteiger partial charge in [0.2, 0.25) is 0 Å². The molecule has 0 saturated heterocycles. The van der Waals surface area contributed by atoms with Crippen LogP contribution in [0, 0.1) is 5.82 Å². The van der Waals surface area contributed by atoms with E-state index in [2.05, 4.69) is 28.2 Å². The number of halogens is 2. The van der Waals surface area contributed by atoms with E-state index in [1.807, 2.05) is 24.3 Å². The Morgan fingerprint density at radius 1 is 1.15 bits per heavy atom. The van der Waals surface area contributed by atoms with Gasteiger partial charge in [-0.15, -0.1) is 0 Å². The van der Waals surface area contributed by atoms with Crippen LogP contribution in [0.25, 0.3) is 0 Å². The van der Waals surface area contributed by atoms with E-state index >= 15 is 0 Å². The summed E-state index contributed by atoms with van der Waals surface area (Å²) in [6, 6.07) is 12.6. The van der Waals surface area contributed by atoms with E-state index in [0.29, 0.717) is 12.1 Å². The number of hydrogen-bond donors (Lipinski definition) is 1. The van der Waals surface area contributed by atoms with Crippen LogP contribution in [0.3, 0.4) is 0 Å². The largest absolute Gasteiger partial charge is 0.494 e. The number of anilines is 1. The third-order valence-corrected chi connectivity index (χ3v) is 3.31. The predicted octanol–water partition coefficient (Wildman–Crippen LogP) is 4.99. The molecule has 0 aliphatic heterocycles. The smallest absolute Gasteiger partial charge is 0.128 e. The number of hydrogen-bond acceptors (Lipinski definition) is 2. The zero-order valence-electron chi connectivity index (χ0n) is 11.3. The van der Waals surface area contributed by atoms with Crippen molar-refractivity contribution in [2.75, 3.05) is 11.9 Å². The SMILES string of the molecule is CCCOc1ccc(NCc2cc(Br)ccc2F)cc1. The lowest BCUT2D eigenvalue weighted by molar-refractivity contribution is 0.317. The molecule has 0 heterocycles. The molecule has 106 valence electrons. The molecule has 2 rings (SSSR count). The molecule has 0 aliphatic carbocycles. The molecule has 0 saturated carbocycles. The zero-order chi connectivity index (χ0) is 14.4. The van der Waals surface area contributed by atoms with Crippen molar-refractivity contribution < 1.29 is 9.13 Å². The lowest BCUT2D eigenvalue weighted by Gasteiger charge is -2.09. The van der Waals surface area contributed by atoms with E-state index in [9.17, 15) is 4.39 Å². The molecule has 1 N–H and O–H groups in total. The molecule has 2 nitrogen and oxygen atoms in total. The molecular formula is C16H17BrFNO. The van der Waals surface area contributed by atoms with Crippen molar-refractivity contribution in [3.05, 3.63) is 58.3 Å². The first-order valence-electron chi connectivity index (χ1n) is 6.59. The molecule has 0 atom stereocenters. The van der Waals surface area contributed by atoms with Crippen LogP contribution in [-0.2, 0) is 6.54 Å². The minimum Gasteiger partial charge on any atom is -0.494 e. The molecule has 2 aromatic carbocycles. The molecule has 2 aromatic rings. The number of ether oxygens (including phenoxy) is 1. The summed E-state index contributed by atoms with van der Waals surface area (Å²) >= 11 is 3.35. The fraction of sp³-hybridized carbons (Fsp3) is 0.250. The van der Waals surface area contributed by atoms with Crippen LogP contribution in [0.5, 0.6) is 5.75 Å². The molecule has 0 spiro atoms. The van der Waals surface area contributed by atoms with Gasteiger partial charge in [0, 0.05) is 22.3 Å². The second-order valence-corrected chi connectivity index (χ2v) is 5.38. The Morgan fingerprint density at radius 3 is 2.60 bits per heavy atom. The molecule has 0 unspecified atom stereocenters. The maximum absolute atomic E-state index is 13.6. The predicted molar refractivity (Wildman–Crippen MR) is 83.7 cm³/mol. The van der Waals surface area contributed by atoms with E-state index in [1.165, 1.54) is 6.07 Å². The molecule has 0 aromatic heterocycles. The topological polar surface area (TPSA) is 21.3 Å². The van der Waals surface area contributed by atoms with Crippen molar-refractivity contribution in [2.45, 2.75) is 19.9 Å². The Bertz CT molecular complexity index is 557. The molecule has 0 aliphatic rings. The molecule has 20 heavy (non-hydrogen) atoms. The average molecular weight is 338 g/mol. The quantitative estimate of drug-likeness (QED) is 0.801. The normalized spacial score (nSPS) is 10.3. The van der Waals surface area contributed by atoms with E-state index < -0.39 is 0 Å². The van der Waals surface area contributed by atoms with E-state index in [0.717, 1.165) is 28.9 Å². The van der Waals surface area contributed by atoms with E-state index in [1.54, 1.807) is 12.1 Å². The lowest BCUT2D eigenvalue weighted by atomic mass is 10.2. The zero-order valence-corrected chi connectivity index (χ0v) is 12.9. The van der Waals surface area contributed by atoms with Crippen molar-refractivity contribution >= 4 is 21.6 Å². The van der Waals surface area contributed by atoms with Gasteiger partial charge in [-0.1, -0.05) is 22.9 Å². The Morgan fingerprint density at radius 2 is 1.90 bits per heavy atom. The highest BCUT2D eigenvalue weighted by atomic mass is 79.9. The van der Waals surface area contributed by atoms with E-state index in [4.69, 9.17) is 4.74 Å². The summed E-state index contributed by atoms with van der Waals surface area (Å²) in [4.78, 5) is 0. The molecule has 0 radical (unpaired) electrons. The molecule has 4 heteroatoms. The van der Waals surface area contributed by atoms with Gasteiger partial charge in [-0.25, -0.2) is 4.39 Å². The summed E-state index contributed by atoms with van der Waals surface area (Å²) in [7, 11) is 0. The summed E-state index contributed by atoms with van der Waals surface area (Å²) in [5.74, 6) is 0.648.